The Hall–Kier alpha value is -2.82. The zero-order valence-electron chi connectivity index (χ0n) is 10.7. The van der Waals surface area contributed by atoms with Gasteiger partial charge in [-0.1, -0.05) is 18.2 Å². The summed E-state index contributed by atoms with van der Waals surface area (Å²) in [5.41, 5.74) is 1.89. The third kappa shape index (κ3) is 2.47. The van der Waals surface area contributed by atoms with E-state index in [1.165, 1.54) is 6.07 Å². The highest BCUT2D eigenvalue weighted by atomic mass is 16.3. The lowest BCUT2D eigenvalue weighted by atomic mass is 10.2. The molecular formula is C15H13N3O2. The van der Waals surface area contributed by atoms with E-state index >= 15 is 0 Å². The van der Waals surface area contributed by atoms with Gasteiger partial charge < -0.3 is 14.8 Å². The maximum absolute atomic E-state index is 11.9. The van der Waals surface area contributed by atoms with Crippen LogP contribution in [0.1, 0.15) is 5.69 Å². The van der Waals surface area contributed by atoms with Crippen LogP contribution in [0.3, 0.4) is 0 Å². The van der Waals surface area contributed by atoms with Crippen molar-refractivity contribution in [2.45, 2.75) is 6.42 Å². The number of aromatic hydroxyl groups is 1. The summed E-state index contributed by atoms with van der Waals surface area (Å²) in [4.78, 5) is 16.3. The predicted octanol–water partition coefficient (Wildman–Crippen LogP) is 2.22. The van der Waals surface area contributed by atoms with E-state index in [2.05, 4.69) is 10.3 Å². The molecule has 20 heavy (non-hydrogen) atoms. The molecule has 2 aromatic heterocycles. The first-order valence-corrected chi connectivity index (χ1v) is 6.23. The van der Waals surface area contributed by atoms with Crippen molar-refractivity contribution in [3.8, 4) is 5.75 Å². The monoisotopic (exact) mass is 267 g/mol. The number of carbonyl (C=O) groups excluding carboxylic acids is 1. The van der Waals surface area contributed by atoms with Crippen LogP contribution in [0.4, 0.5) is 5.69 Å². The molecule has 5 nitrogen and oxygen atoms in total. The van der Waals surface area contributed by atoms with E-state index in [9.17, 15) is 9.90 Å². The average molecular weight is 267 g/mol. The summed E-state index contributed by atoms with van der Waals surface area (Å²) in [6.07, 6.45) is 3.86. The maximum atomic E-state index is 11.9. The van der Waals surface area contributed by atoms with Crippen molar-refractivity contribution in [3.63, 3.8) is 0 Å². The molecule has 3 aromatic rings. The number of phenolic OH excluding ortho intramolecular Hbond substituents is 1. The molecule has 0 bridgehead atoms. The Bertz CT molecular complexity index is 731. The molecule has 0 atom stereocenters. The number of anilines is 1. The van der Waals surface area contributed by atoms with E-state index < -0.39 is 0 Å². The molecule has 0 unspecified atom stereocenters. The molecule has 3 rings (SSSR count). The quantitative estimate of drug-likeness (QED) is 0.715. The summed E-state index contributed by atoms with van der Waals surface area (Å²) in [5.74, 6) is -0.161. The fourth-order valence-electron chi connectivity index (χ4n) is 2.01. The number of fused-ring (bicyclic) bond motifs is 1. The molecule has 0 aliphatic rings. The number of nitrogens with one attached hydrogen (secondary N) is 1. The molecule has 1 amide bonds. The highest BCUT2D eigenvalue weighted by Gasteiger charge is 2.09. The topological polar surface area (TPSA) is 66.6 Å². The fraction of sp³-hybridized carbons (Fsp3) is 0.0667. The lowest BCUT2D eigenvalue weighted by Crippen LogP contribution is -2.14. The first-order chi connectivity index (χ1) is 9.72. The van der Waals surface area contributed by atoms with E-state index in [0.29, 0.717) is 11.4 Å². The number of phenols is 1. The maximum Gasteiger partial charge on any atom is 0.230 e. The molecule has 1 aromatic carbocycles. The minimum atomic E-state index is -0.213. The normalized spacial score (nSPS) is 10.6. The zero-order valence-corrected chi connectivity index (χ0v) is 10.7. The first-order valence-electron chi connectivity index (χ1n) is 6.23. The van der Waals surface area contributed by atoms with Crippen molar-refractivity contribution < 1.29 is 9.90 Å². The molecule has 2 heterocycles. The number of para-hydroxylation sites is 2. The number of rotatable bonds is 3. The van der Waals surface area contributed by atoms with Crippen molar-refractivity contribution in [1.82, 2.24) is 9.38 Å². The first kappa shape index (κ1) is 12.2. The van der Waals surface area contributed by atoms with Crippen LogP contribution in [0.15, 0.2) is 54.9 Å². The molecule has 2 N–H and O–H groups in total. The van der Waals surface area contributed by atoms with Crippen LogP contribution < -0.4 is 5.32 Å². The molecule has 0 radical (unpaired) electrons. The Kier molecular flexibility index (Phi) is 3.09. The molecule has 5 heteroatoms. The second-order valence-corrected chi connectivity index (χ2v) is 4.44. The Balaban J connectivity index is 1.74. The van der Waals surface area contributed by atoms with Crippen molar-refractivity contribution >= 4 is 17.2 Å². The summed E-state index contributed by atoms with van der Waals surface area (Å²) in [7, 11) is 0. The van der Waals surface area contributed by atoms with Gasteiger partial charge in [-0.3, -0.25) is 4.79 Å². The number of benzene rings is 1. The average Bonchev–Trinajstić information content (AvgIpc) is 2.83. The summed E-state index contributed by atoms with van der Waals surface area (Å²) >= 11 is 0. The van der Waals surface area contributed by atoms with Gasteiger partial charge in [-0.15, -0.1) is 0 Å². The molecule has 0 saturated carbocycles. The van der Waals surface area contributed by atoms with E-state index in [0.717, 1.165) is 5.65 Å². The van der Waals surface area contributed by atoms with Crippen LogP contribution in [0.25, 0.3) is 5.65 Å². The van der Waals surface area contributed by atoms with Gasteiger partial charge in [0.2, 0.25) is 5.91 Å². The number of hydrogen-bond donors (Lipinski definition) is 2. The Morgan fingerprint density at radius 3 is 2.80 bits per heavy atom. The molecule has 0 spiro atoms. The number of imidazole rings is 1. The molecular weight excluding hydrogens is 254 g/mol. The van der Waals surface area contributed by atoms with Gasteiger partial charge in [0, 0.05) is 12.4 Å². The van der Waals surface area contributed by atoms with Gasteiger partial charge in [0.25, 0.3) is 0 Å². The fourth-order valence-corrected chi connectivity index (χ4v) is 2.01. The standard InChI is InChI=1S/C15H13N3O2/c19-13-6-2-1-5-12(13)17-15(20)9-11-10-18-8-4-3-7-14(18)16-11/h1-8,10,19H,9H2,(H,17,20). The Morgan fingerprint density at radius 1 is 1.20 bits per heavy atom. The SMILES string of the molecule is O=C(Cc1cn2ccccc2n1)Nc1ccccc1O. The minimum absolute atomic E-state index is 0.0517. The Morgan fingerprint density at radius 2 is 2.00 bits per heavy atom. The summed E-state index contributed by atoms with van der Waals surface area (Å²) in [5, 5.41) is 12.3. The molecule has 100 valence electrons. The third-order valence-electron chi connectivity index (χ3n) is 2.93. The largest absolute Gasteiger partial charge is 0.506 e. The second-order valence-electron chi connectivity index (χ2n) is 4.44. The number of amides is 1. The zero-order chi connectivity index (χ0) is 13.9. The number of pyridine rings is 1. The van der Waals surface area contributed by atoms with Gasteiger partial charge in [-0.25, -0.2) is 4.98 Å². The van der Waals surface area contributed by atoms with Gasteiger partial charge >= 0.3 is 0 Å². The van der Waals surface area contributed by atoms with Gasteiger partial charge in [0.15, 0.2) is 0 Å². The van der Waals surface area contributed by atoms with Crippen molar-refractivity contribution in [2.24, 2.45) is 0 Å². The molecule has 0 aliphatic carbocycles. The van der Waals surface area contributed by atoms with Gasteiger partial charge in [0.1, 0.15) is 11.4 Å². The lowest BCUT2D eigenvalue weighted by Gasteiger charge is -2.05. The minimum Gasteiger partial charge on any atom is -0.506 e. The van der Waals surface area contributed by atoms with Crippen LogP contribution in [0, 0.1) is 0 Å². The van der Waals surface area contributed by atoms with Gasteiger partial charge in [0.05, 0.1) is 17.8 Å². The third-order valence-corrected chi connectivity index (χ3v) is 2.93. The highest BCUT2D eigenvalue weighted by Crippen LogP contribution is 2.21. The predicted molar refractivity (Wildman–Crippen MR) is 75.6 cm³/mol. The van der Waals surface area contributed by atoms with E-state index in [-0.39, 0.29) is 18.1 Å². The van der Waals surface area contributed by atoms with Crippen molar-refractivity contribution in [2.75, 3.05) is 5.32 Å². The summed E-state index contributed by atoms with van der Waals surface area (Å²) in [6.45, 7) is 0. The van der Waals surface area contributed by atoms with Crippen LogP contribution in [-0.4, -0.2) is 20.4 Å². The lowest BCUT2D eigenvalue weighted by molar-refractivity contribution is -0.115. The molecule has 0 saturated heterocycles. The molecule has 0 fully saturated rings. The van der Waals surface area contributed by atoms with Gasteiger partial charge in [-0.2, -0.15) is 0 Å². The number of carbonyl (C=O) groups is 1. The second kappa shape index (κ2) is 5.05. The van der Waals surface area contributed by atoms with Crippen molar-refractivity contribution in [1.29, 1.82) is 0 Å². The van der Waals surface area contributed by atoms with Crippen LogP contribution >= 0.6 is 0 Å². The Labute approximate surface area is 115 Å². The highest BCUT2D eigenvalue weighted by molar-refractivity contribution is 5.93. The van der Waals surface area contributed by atoms with E-state index in [1.54, 1.807) is 18.2 Å². The summed E-state index contributed by atoms with van der Waals surface area (Å²) < 4.78 is 1.86. The van der Waals surface area contributed by atoms with Crippen LogP contribution in [-0.2, 0) is 11.2 Å². The van der Waals surface area contributed by atoms with Gasteiger partial charge in [-0.05, 0) is 24.3 Å². The number of aromatic nitrogens is 2. The van der Waals surface area contributed by atoms with Crippen LogP contribution in [0.2, 0.25) is 0 Å². The number of nitrogens with zero attached hydrogens (tertiary/aromatic N) is 2. The van der Waals surface area contributed by atoms with E-state index in [1.807, 2.05) is 35.0 Å². The molecule has 0 aliphatic heterocycles. The van der Waals surface area contributed by atoms with E-state index in [4.69, 9.17) is 0 Å². The summed E-state index contributed by atoms with van der Waals surface area (Å²) in [6, 6.07) is 12.3. The number of hydrogen-bond acceptors (Lipinski definition) is 3. The van der Waals surface area contributed by atoms with Crippen molar-refractivity contribution in [3.05, 3.63) is 60.6 Å². The smallest absolute Gasteiger partial charge is 0.230 e. The van der Waals surface area contributed by atoms with Crippen LogP contribution in [0.5, 0.6) is 5.75 Å².